The minimum atomic E-state index is -0.0359. The van der Waals surface area contributed by atoms with Crippen LogP contribution in [-0.2, 0) is 17.8 Å². The third-order valence-electron chi connectivity index (χ3n) is 7.39. The van der Waals surface area contributed by atoms with Gasteiger partial charge in [-0.3, -0.25) is 9.69 Å². The van der Waals surface area contributed by atoms with Gasteiger partial charge in [0.2, 0.25) is 5.91 Å². The van der Waals surface area contributed by atoms with Crippen LogP contribution in [0.4, 0.5) is 0 Å². The summed E-state index contributed by atoms with van der Waals surface area (Å²) in [6, 6.07) is 19.5. The lowest BCUT2D eigenvalue weighted by atomic mass is 9.93. The molecule has 0 unspecified atom stereocenters. The molecule has 4 bridgehead atoms. The molecule has 3 heterocycles. The number of hydrogen-bond acceptors (Lipinski definition) is 6. The number of phenols is 1. The zero-order valence-corrected chi connectivity index (χ0v) is 21.2. The Balaban J connectivity index is 1.28. The van der Waals surface area contributed by atoms with E-state index in [1.54, 1.807) is 31.8 Å². The van der Waals surface area contributed by atoms with Crippen molar-refractivity contribution in [2.45, 2.75) is 31.3 Å². The first-order valence-corrected chi connectivity index (χ1v) is 12.8. The molecule has 6 rings (SSSR count). The summed E-state index contributed by atoms with van der Waals surface area (Å²) in [5.41, 5.74) is 4.26. The highest BCUT2D eigenvalue weighted by Gasteiger charge is 2.35. The summed E-state index contributed by atoms with van der Waals surface area (Å²) in [4.78, 5) is 19.5. The van der Waals surface area contributed by atoms with E-state index in [2.05, 4.69) is 39.5 Å². The van der Waals surface area contributed by atoms with Crippen molar-refractivity contribution in [2.75, 3.05) is 20.2 Å². The Morgan fingerprint density at radius 3 is 2.71 bits per heavy atom. The molecule has 1 saturated heterocycles. The van der Waals surface area contributed by atoms with E-state index in [4.69, 9.17) is 9.47 Å². The van der Waals surface area contributed by atoms with Gasteiger partial charge in [-0.1, -0.05) is 24.3 Å². The number of carbonyl (C=O) groups excluding carboxylic acids is 1. The maximum Gasteiger partial charge on any atom is 0.220 e. The standard InChI is InChI=1S/C30H30N4O4/c1-37-27-10-6-22-15-29(27)38-28-14-20(4-9-26(28)35)5-11-30(36)32-25-18-33(17-24(22)25)16-21-2-7-23(8-3-21)34-13-12-31-19-34/h2-4,6-10,12-15,19,24-25,35H,5,11,16-18H2,1H3,(H,32,36)/t24-,25+/m0/s1. The summed E-state index contributed by atoms with van der Waals surface area (Å²) >= 11 is 0. The van der Waals surface area contributed by atoms with Crippen LogP contribution in [0.25, 0.3) is 5.69 Å². The first kappa shape index (κ1) is 24.1. The molecule has 2 atom stereocenters. The number of aromatic nitrogens is 2. The second-order valence-corrected chi connectivity index (χ2v) is 9.93. The van der Waals surface area contributed by atoms with Gasteiger partial charge in [-0.05, 0) is 59.5 Å². The fourth-order valence-corrected chi connectivity index (χ4v) is 5.40. The highest BCUT2D eigenvalue weighted by atomic mass is 16.5. The lowest BCUT2D eigenvalue weighted by molar-refractivity contribution is -0.121. The molecule has 8 nitrogen and oxygen atoms in total. The first-order valence-electron chi connectivity index (χ1n) is 12.8. The van der Waals surface area contributed by atoms with E-state index in [0.717, 1.165) is 36.4 Å². The Bertz CT molecular complexity index is 1440. The fourth-order valence-electron chi connectivity index (χ4n) is 5.40. The molecule has 2 N–H and O–H groups in total. The Labute approximate surface area is 221 Å². The van der Waals surface area contributed by atoms with Crippen LogP contribution in [0.1, 0.15) is 29.0 Å². The third-order valence-corrected chi connectivity index (χ3v) is 7.39. The van der Waals surface area contributed by atoms with Gasteiger partial charge in [0.05, 0.1) is 13.4 Å². The lowest BCUT2D eigenvalue weighted by Crippen LogP contribution is -2.39. The highest BCUT2D eigenvalue weighted by molar-refractivity contribution is 5.77. The number of methoxy groups -OCH3 is 1. The van der Waals surface area contributed by atoms with Gasteiger partial charge in [0, 0.05) is 56.1 Å². The molecule has 194 valence electrons. The molecule has 2 aliphatic rings. The molecule has 1 amide bonds. The average Bonchev–Trinajstić information content (AvgIpc) is 3.60. The molecule has 1 aromatic heterocycles. The normalized spacial score (nSPS) is 19.3. The molecule has 1 fully saturated rings. The molecule has 2 aliphatic heterocycles. The number of ether oxygens (including phenoxy) is 2. The molecule has 0 saturated carbocycles. The summed E-state index contributed by atoms with van der Waals surface area (Å²) in [6.07, 6.45) is 6.41. The van der Waals surface area contributed by atoms with Crippen molar-refractivity contribution in [3.63, 3.8) is 0 Å². The minimum absolute atomic E-state index is 0.0232. The van der Waals surface area contributed by atoms with Crippen LogP contribution in [0.2, 0.25) is 0 Å². The number of phenolic OH excluding ortho intramolecular Hbond substituents is 1. The molecule has 0 aliphatic carbocycles. The van der Waals surface area contributed by atoms with Crippen LogP contribution in [0, 0.1) is 0 Å². The topological polar surface area (TPSA) is 88.8 Å². The molecule has 4 aromatic rings. The summed E-state index contributed by atoms with van der Waals surface area (Å²) in [6.45, 7) is 2.32. The average molecular weight is 511 g/mol. The van der Waals surface area contributed by atoms with Gasteiger partial charge in [-0.2, -0.15) is 0 Å². The number of likely N-dealkylation sites (tertiary alicyclic amines) is 1. The number of nitrogens with one attached hydrogen (secondary N) is 1. The maximum absolute atomic E-state index is 13.0. The van der Waals surface area contributed by atoms with Crippen LogP contribution in [0.3, 0.4) is 0 Å². The SMILES string of the molecule is COc1ccc2cc1Oc1cc(ccc1O)CCC(=O)N[C@@H]1CN(Cc3ccc(-n4ccnc4)cc3)C[C@@H]21. The van der Waals surface area contributed by atoms with E-state index in [1.807, 2.05) is 35.0 Å². The predicted octanol–water partition coefficient (Wildman–Crippen LogP) is 4.41. The fraction of sp³-hybridized carbons (Fsp3) is 0.267. The Hall–Kier alpha value is -4.30. The lowest BCUT2D eigenvalue weighted by Gasteiger charge is -2.21. The quantitative estimate of drug-likeness (QED) is 0.423. The van der Waals surface area contributed by atoms with Gasteiger partial charge in [0.15, 0.2) is 23.0 Å². The molecular weight excluding hydrogens is 480 g/mol. The molecular formula is C30H30N4O4. The summed E-state index contributed by atoms with van der Waals surface area (Å²) < 4.78 is 13.7. The summed E-state index contributed by atoms with van der Waals surface area (Å²) in [5.74, 6) is 1.62. The van der Waals surface area contributed by atoms with Crippen LogP contribution in [0.15, 0.2) is 79.4 Å². The van der Waals surface area contributed by atoms with E-state index in [-0.39, 0.29) is 23.6 Å². The molecule has 8 heteroatoms. The van der Waals surface area contributed by atoms with Gasteiger partial charge in [0.1, 0.15) is 0 Å². The zero-order chi connectivity index (χ0) is 26.1. The Morgan fingerprint density at radius 1 is 1.05 bits per heavy atom. The summed E-state index contributed by atoms with van der Waals surface area (Å²) in [5, 5.41) is 13.7. The number of carbonyl (C=O) groups is 1. The molecule has 0 radical (unpaired) electrons. The van der Waals surface area contributed by atoms with E-state index in [0.29, 0.717) is 30.1 Å². The molecule has 38 heavy (non-hydrogen) atoms. The van der Waals surface area contributed by atoms with E-state index < -0.39 is 0 Å². The van der Waals surface area contributed by atoms with Crippen LogP contribution in [0.5, 0.6) is 23.0 Å². The largest absolute Gasteiger partial charge is 0.504 e. The van der Waals surface area contributed by atoms with E-state index in [9.17, 15) is 9.90 Å². The van der Waals surface area contributed by atoms with Crippen molar-refractivity contribution in [3.8, 4) is 28.7 Å². The van der Waals surface area contributed by atoms with E-state index >= 15 is 0 Å². The number of aryl methyl sites for hydroxylation is 1. The van der Waals surface area contributed by atoms with E-state index in [1.165, 1.54) is 5.56 Å². The minimum Gasteiger partial charge on any atom is -0.504 e. The molecule has 0 spiro atoms. The van der Waals surface area contributed by atoms with Gasteiger partial charge in [-0.15, -0.1) is 0 Å². The summed E-state index contributed by atoms with van der Waals surface area (Å²) in [7, 11) is 1.60. The van der Waals surface area contributed by atoms with Crippen LogP contribution < -0.4 is 14.8 Å². The number of rotatable bonds is 4. The van der Waals surface area contributed by atoms with Crippen molar-refractivity contribution in [3.05, 3.63) is 96.1 Å². The predicted molar refractivity (Wildman–Crippen MR) is 143 cm³/mol. The number of nitrogens with zero attached hydrogens (tertiary/aromatic N) is 3. The smallest absolute Gasteiger partial charge is 0.220 e. The second-order valence-electron chi connectivity index (χ2n) is 9.93. The van der Waals surface area contributed by atoms with Crippen molar-refractivity contribution in [1.82, 2.24) is 19.8 Å². The number of fused-ring (bicyclic) bond motifs is 6. The third kappa shape index (κ3) is 4.95. The molecule has 3 aromatic carbocycles. The monoisotopic (exact) mass is 510 g/mol. The van der Waals surface area contributed by atoms with Gasteiger partial charge < -0.3 is 24.5 Å². The van der Waals surface area contributed by atoms with Crippen molar-refractivity contribution < 1.29 is 19.4 Å². The zero-order valence-electron chi connectivity index (χ0n) is 21.2. The van der Waals surface area contributed by atoms with Gasteiger partial charge in [0.25, 0.3) is 0 Å². The van der Waals surface area contributed by atoms with Crippen LogP contribution in [-0.4, -0.2) is 51.7 Å². The first-order chi connectivity index (χ1) is 18.6. The Kier molecular flexibility index (Phi) is 6.47. The number of imidazole rings is 1. The van der Waals surface area contributed by atoms with Crippen molar-refractivity contribution in [2.24, 2.45) is 0 Å². The Morgan fingerprint density at radius 2 is 1.92 bits per heavy atom. The number of aromatic hydroxyl groups is 1. The maximum atomic E-state index is 13.0. The van der Waals surface area contributed by atoms with Crippen molar-refractivity contribution in [1.29, 1.82) is 0 Å². The second kappa shape index (κ2) is 10.2. The number of benzene rings is 3. The number of amides is 1. The van der Waals surface area contributed by atoms with Gasteiger partial charge in [-0.25, -0.2) is 4.98 Å². The number of hydrogen-bond donors (Lipinski definition) is 2. The highest BCUT2D eigenvalue weighted by Crippen LogP contribution is 2.40. The van der Waals surface area contributed by atoms with Gasteiger partial charge >= 0.3 is 0 Å². The van der Waals surface area contributed by atoms with Crippen molar-refractivity contribution >= 4 is 5.91 Å². The van der Waals surface area contributed by atoms with Crippen LogP contribution >= 0.6 is 0 Å².